The van der Waals surface area contributed by atoms with E-state index in [4.69, 9.17) is 9.47 Å². The Morgan fingerprint density at radius 1 is 1.16 bits per heavy atom. The third-order valence-electron chi connectivity index (χ3n) is 7.50. The molecular formula is C32H36N2O3. The molecule has 5 rings (SSSR count). The summed E-state index contributed by atoms with van der Waals surface area (Å²) in [6.07, 6.45) is 2.77. The Kier molecular flexibility index (Phi) is 7.24. The number of hydrogen-bond donors (Lipinski definition) is 2. The number of nitrogens with zero attached hydrogens (tertiary/aromatic N) is 1. The highest BCUT2D eigenvalue weighted by Crippen LogP contribution is 2.49. The molecule has 2 aliphatic heterocycles. The highest BCUT2D eigenvalue weighted by molar-refractivity contribution is 5.97. The van der Waals surface area contributed by atoms with Crippen molar-refractivity contribution in [2.45, 2.75) is 26.4 Å². The molecule has 2 aliphatic rings. The molecule has 0 aromatic heterocycles. The fraction of sp³-hybridized carbons (Fsp3) is 0.312. The standard InChI is InChI=1S/C32H36N2O3/c1-5-27-29(33-4)14-13-28-22(3)30(24-7-6-8-25(35)19-24)31(37-32(27)28)23-9-11-26(12-10-23)36-18-17-34-16-15-21(2)20-34/h5-14,19,21,31,33,35H,1,15-18,20H2,2-4H3. The number of phenolic OH excluding ortho intramolecular Hbond substituents is 1. The lowest BCUT2D eigenvalue weighted by atomic mass is 9.85. The third kappa shape index (κ3) is 5.09. The molecule has 1 saturated heterocycles. The number of ether oxygens (including phenoxy) is 2. The summed E-state index contributed by atoms with van der Waals surface area (Å²) in [5.74, 6) is 2.68. The molecule has 5 heteroatoms. The zero-order valence-electron chi connectivity index (χ0n) is 22.0. The smallest absolute Gasteiger partial charge is 0.150 e. The van der Waals surface area contributed by atoms with Crippen LogP contribution in [0.3, 0.4) is 0 Å². The van der Waals surface area contributed by atoms with Gasteiger partial charge in [0.1, 0.15) is 30.0 Å². The highest BCUT2D eigenvalue weighted by Gasteiger charge is 2.31. The Bertz CT molecular complexity index is 1310. The molecule has 0 aliphatic carbocycles. The summed E-state index contributed by atoms with van der Waals surface area (Å²) in [5.41, 5.74) is 7.04. The minimum atomic E-state index is -0.347. The van der Waals surface area contributed by atoms with Crippen molar-refractivity contribution in [3.8, 4) is 17.2 Å². The first kappa shape index (κ1) is 25.0. The lowest BCUT2D eigenvalue weighted by molar-refractivity contribution is 0.233. The summed E-state index contributed by atoms with van der Waals surface area (Å²) >= 11 is 0. The van der Waals surface area contributed by atoms with Crippen molar-refractivity contribution in [1.82, 2.24) is 4.90 Å². The monoisotopic (exact) mass is 496 g/mol. The van der Waals surface area contributed by atoms with Gasteiger partial charge in [0.2, 0.25) is 0 Å². The van der Waals surface area contributed by atoms with E-state index in [1.807, 2.05) is 37.4 Å². The third-order valence-corrected chi connectivity index (χ3v) is 7.50. The summed E-state index contributed by atoms with van der Waals surface area (Å²) in [6.45, 7) is 12.4. The number of benzene rings is 3. The second-order valence-electron chi connectivity index (χ2n) is 10.1. The molecular weight excluding hydrogens is 460 g/mol. The Morgan fingerprint density at radius 2 is 1.97 bits per heavy atom. The first-order chi connectivity index (χ1) is 18.0. The lowest BCUT2D eigenvalue weighted by Gasteiger charge is -2.32. The van der Waals surface area contributed by atoms with Crippen molar-refractivity contribution in [3.63, 3.8) is 0 Å². The van der Waals surface area contributed by atoms with Gasteiger partial charge in [-0.3, -0.25) is 4.90 Å². The second kappa shape index (κ2) is 10.7. The van der Waals surface area contributed by atoms with Crippen molar-refractivity contribution in [2.75, 3.05) is 38.6 Å². The predicted molar refractivity (Wildman–Crippen MR) is 152 cm³/mol. The van der Waals surface area contributed by atoms with Gasteiger partial charge in [-0.15, -0.1) is 0 Å². The number of nitrogens with one attached hydrogen (secondary N) is 1. The Balaban J connectivity index is 1.46. The zero-order chi connectivity index (χ0) is 25.9. The largest absolute Gasteiger partial charge is 0.508 e. The number of fused-ring (bicyclic) bond motifs is 1. The molecule has 2 heterocycles. The van der Waals surface area contributed by atoms with Crippen LogP contribution in [-0.4, -0.2) is 43.3 Å². The molecule has 1 fully saturated rings. The molecule has 0 saturated carbocycles. The quantitative estimate of drug-likeness (QED) is 0.357. The number of rotatable bonds is 8. The average Bonchev–Trinajstić information content (AvgIpc) is 3.33. The molecule has 2 N–H and O–H groups in total. The fourth-order valence-electron chi connectivity index (χ4n) is 5.50. The van der Waals surface area contributed by atoms with Crippen LogP contribution in [0.4, 0.5) is 5.69 Å². The van der Waals surface area contributed by atoms with Gasteiger partial charge in [-0.2, -0.15) is 0 Å². The summed E-state index contributed by atoms with van der Waals surface area (Å²) in [4.78, 5) is 2.47. The van der Waals surface area contributed by atoms with E-state index in [0.29, 0.717) is 6.61 Å². The topological polar surface area (TPSA) is 54.0 Å². The minimum absolute atomic E-state index is 0.232. The van der Waals surface area contributed by atoms with Gasteiger partial charge in [0.15, 0.2) is 0 Å². The molecule has 0 radical (unpaired) electrons. The van der Waals surface area contributed by atoms with E-state index in [9.17, 15) is 5.11 Å². The summed E-state index contributed by atoms with van der Waals surface area (Å²) in [5, 5.41) is 13.5. The van der Waals surface area contributed by atoms with E-state index in [1.54, 1.807) is 12.1 Å². The normalized spacial score (nSPS) is 19.3. The number of allylic oxidation sites excluding steroid dienone is 1. The van der Waals surface area contributed by atoms with Gasteiger partial charge in [-0.05, 0) is 78.9 Å². The van der Waals surface area contributed by atoms with Crippen molar-refractivity contribution in [2.24, 2.45) is 5.92 Å². The van der Waals surface area contributed by atoms with Gasteiger partial charge in [0.05, 0.1) is 0 Å². The van der Waals surface area contributed by atoms with Crippen LogP contribution in [0.15, 0.2) is 67.2 Å². The summed E-state index contributed by atoms with van der Waals surface area (Å²) in [7, 11) is 1.90. The average molecular weight is 497 g/mol. The first-order valence-electron chi connectivity index (χ1n) is 13.1. The van der Waals surface area contributed by atoms with E-state index in [0.717, 1.165) is 76.1 Å². The Hall–Kier alpha value is -3.70. The number of aromatic hydroxyl groups is 1. The fourth-order valence-corrected chi connectivity index (χ4v) is 5.50. The van der Waals surface area contributed by atoms with Crippen LogP contribution in [0.2, 0.25) is 0 Å². The van der Waals surface area contributed by atoms with Gasteiger partial charge >= 0.3 is 0 Å². The number of phenols is 1. The number of hydrogen-bond acceptors (Lipinski definition) is 5. The van der Waals surface area contributed by atoms with E-state index in [1.165, 1.54) is 6.42 Å². The van der Waals surface area contributed by atoms with Gasteiger partial charge in [-0.1, -0.05) is 43.8 Å². The van der Waals surface area contributed by atoms with Crippen LogP contribution in [0, 0.1) is 5.92 Å². The number of likely N-dealkylation sites (tertiary alicyclic amines) is 1. The van der Waals surface area contributed by atoms with Gasteiger partial charge in [0.25, 0.3) is 0 Å². The lowest BCUT2D eigenvalue weighted by Crippen LogP contribution is -2.25. The van der Waals surface area contributed by atoms with Crippen molar-refractivity contribution < 1.29 is 14.6 Å². The van der Waals surface area contributed by atoms with Crippen molar-refractivity contribution in [1.29, 1.82) is 0 Å². The van der Waals surface area contributed by atoms with Crippen LogP contribution < -0.4 is 14.8 Å². The van der Waals surface area contributed by atoms with Crippen LogP contribution in [0.5, 0.6) is 17.2 Å². The van der Waals surface area contributed by atoms with Gasteiger partial charge in [0, 0.05) is 42.5 Å². The Labute approximate surface area is 220 Å². The van der Waals surface area contributed by atoms with E-state index >= 15 is 0 Å². The maximum atomic E-state index is 10.2. The molecule has 0 bridgehead atoms. The molecule has 5 nitrogen and oxygen atoms in total. The first-order valence-corrected chi connectivity index (χ1v) is 13.1. The molecule has 2 unspecified atom stereocenters. The van der Waals surface area contributed by atoms with E-state index in [2.05, 4.69) is 54.9 Å². The Morgan fingerprint density at radius 3 is 2.65 bits per heavy atom. The maximum Gasteiger partial charge on any atom is 0.150 e. The maximum absolute atomic E-state index is 10.2. The van der Waals surface area contributed by atoms with Gasteiger partial charge < -0.3 is 19.9 Å². The van der Waals surface area contributed by atoms with Crippen molar-refractivity contribution >= 4 is 22.9 Å². The van der Waals surface area contributed by atoms with E-state index < -0.39 is 0 Å². The minimum Gasteiger partial charge on any atom is -0.508 e. The van der Waals surface area contributed by atoms with E-state index in [-0.39, 0.29) is 11.9 Å². The molecule has 37 heavy (non-hydrogen) atoms. The summed E-state index contributed by atoms with van der Waals surface area (Å²) in [6, 6.07) is 19.7. The van der Waals surface area contributed by atoms with Crippen molar-refractivity contribution in [3.05, 3.63) is 89.5 Å². The molecule has 192 valence electrons. The molecule has 3 aromatic rings. The molecule has 3 aromatic carbocycles. The number of anilines is 1. The second-order valence-corrected chi connectivity index (χ2v) is 10.1. The van der Waals surface area contributed by atoms with Crippen LogP contribution >= 0.6 is 0 Å². The zero-order valence-corrected chi connectivity index (χ0v) is 22.0. The van der Waals surface area contributed by atoms with Gasteiger partial charge in [-0.25, -0.2) is 0 Å². The predicted octanol–water partition coefficient (Wildman–Crippen LogP) is 6.86. The van der Waals surface area contributed by atoms with Crippen LogP contribution in [0.1, 0.15) is 48.6 Å². The molecule has 0 spiro atoms. The SMILES string of the molecule is C=Cc1c(NC)ccc2c1OC(c1ccc(OCCN3CCC(C)C3)cc1)C(c1cccc(O)c1)=C2C. The molecule has 2 atom stereocenters. The summed E-state index contributed by atoms with van der Waals surface area (Å²) < 4.78 is 12.8. The van der Waals surface area contributed by atoms with Crippen LogP contribution in [0.25, 0.3) is 17.2 Å². The highest BCUT2D eigenvalue weighted by atomic mass is 16.5. The molecule has 0 amide bonds. The van der Waals surface area contributed by atoms with Crippen LogP contribution in [-0.2, 0) is 0 Å².